The molecule has 2 aromatic rings. The fraction of sp³-hybridized carbons (Fsp3) is 0.357. The number of para-hydroxylation sites is 2. The van der Waals surface area contributed by atoms with E-state index in [2.05, 4.69) is 15.5 Å². The van der Waals surface area contributed by atoms with Gasteiger partial charge in [0, 0.05) is 0 Å². The Labute approximate surface area is 143 Å². The zero-order valence-electron chi connectivity index (χ0n) is 13.2. The predicted octanol–water partition coefficient (Wildman–Crippen LogP) is 1.75. The molecule has 130 valence electrons. The van der Waals surface area contributed by atoms with Crippen molar-refractivity contribution in [2.24, 2.45) is 0 Å². The van der Waals surface area contributed by atoms with Crippen molar-refractivity contribution in [3.8, 4) is 11.5 Å². The topological polar surface area (TPSA) is 107 Å². The van der Waals surface area contributed by atoms with E-state index < -0.39 is 15.7 Å². The molecule has 1 N–H and O–H groups in total. The highest BCUT2D eigenvalue weighted by molar-refractivity contribution is 7.93. The second-order valence-corrected chi connectivity index (χ2v) is 7.94. The van der Waals surface area contributed by atoms with Crippen molar-refractivity contribution in [3.05, 3.63) is 24.3 Å². The molecule has 0 atom stereocenters. The molecule has 24 heavy (non-hydrogen) atoms. The summed E-state index contributed by atoms with van der Waals surface area (Å²) in [5.74, 6) is 0.455. The third-order valence-electron chi connectivity index (χ3n) is 2.82. The van der Waals surface area contributed by atoms with E-state index in [4.69, 9.17) is 9.47 Å². The third-order valence-corrected chi connectivity index (χ3v) is 6.02. The first-order chi connectivity index (χ1) is 11.5. The average Bonchev–Trinajstić information content (AvgIpc) is 3.02. The number of anilines is 1. The van der Waals surface area contributed by atoms with Crippen LogP contribution < -0.4 is 14.8 Å². The number of aromatic nitrogens is 2. The van der Waals surface area contributed by atoms with Gasteiger partial charge in [-0.2, -0.15) is 0 Å². The van der Waals surface area contributed by atoms with E-state index in [0.717, 1.165) is 11.3 Å². The molecule has 1 aromatic heterocycles. The van der Waals surface area contributed by atoms with E-state index in [1.165, 1.54) is 7.11 Å². The number of hydrogen-bond acceptors (Lipinski definition) is 8. The Morgan fingerprint density at radius 3 is 2.62 bits per heavy atom. The van der Waals surface area contributed by atoms with Gasteiger partial charge in [0.1, 0.15) is 0 Å². The van der Waals surface area contributed by atoms with Gasteiger partial charge >= 0.3 is 0 Å². The summed E-state index contributed by atoms with van der Waals surface area (Å²) in [4.78, 5) is 11.9. The van der Waals surface area contributed by atoms with Gasteiger partial charge in [-0.05, 0) is 18.6 Å². The molecule has 8 nitrogen and oxygen atoms in total. The normalized spacial score (nSPS) is 11.1. The van der Waals surface area contributed by atoms with Crippen molar-refractivity contribution >= 4 is 32.2 Å². The van der Waals surface area contributed by atoms with E-state index in [1.54, 1.807) is 31.2 Å². The van der Waals surface area contributed by atoms with Crippen LogP contribution in [0, 0.1) is 0 Å². The standard InChI is InChI=1S/C14H17N3O5S2/c1-3-8-24(19,20)14-17-16-13(23-14)15-12(18)9-22-11-7-5-4-6-10(11)21-2/h4-7H,3,8-9H2,1-2H3,(H,15,16,18). The molecule has 0 fully saturated rings. The van der Waals surface area contributed by atoms with E-state index in [9.17, 15) is 13.2 Å². The van der Waals surface area contributed by atoms with Crippen LogP contribution in [0.25, 0.3) is 0 Å². The Balaban J connectivity index is 1.95. The second-order valence-electron chi connectivity index (χ2n) is 4.68. The van der Waals surface area contributed by atoms with Crippen LogP contribution in [-0.4, -0.2) is 44.0 Å². The summed E-state index contributed by atoms with van der Waals surface area (Å²) in [7, 11) is -1.94. The van der Waals surface area contributed by atoms with Crippen molar-refractivity contribution in [1.82, 2.24) is 10.2 Å². The molecule has 10 heteroatoms. The first-order valence-corrected chi connectivity index (χ1v) is 9.55. The summed E-state index contributed by atoms with van der Waals surface area (Å²) in [6, 6.07) is 6.92. The molecule has 0 saturated heterocycles. The Bertz CT molecular complexity index is 804. The zero-order valence-corrected chi connectivity index (χ0v) is 14.8. The molecule has 2 rings (SSSR count). The molecule has 0 radical (unpaired) electrons. The lowest BCUT2D eigenvalue weighted by atomic mass is 10.3. The molecule has 0 unspecified atom stereocenters. The molecule has 0 aliphatic rings. The monoisotopic (exact) mass is 371 g/mol. The van der Waals surface area contributed by atoms with Gasteiger partial charge in [0.25, 0.3) is 5.91 Å². The number of carbonyl (C=O) groups is 1. The summed E-state index contributed by atoms with van der Waals surface area (Å²) < 4.78 is 34.1. The lowest BCUT2D eigenvalue weighted by molar-refractivity contribution is -0.118. The molecular formula is C14H17N3O5S2. The van der Waals surface area contributed by atoms with Gasteiger partial charge in [-0.15, -0.1) is 10.2 Å². The quantitative estimate of drug-likeness (QED) is 0.704. The van der Waals surface area contributed by atoms with Gasteiger partial charge in [-0.3, -0.25) is 10.1 Å². The number of methoxy groups -OCH3 is 1. The van der Waals surface area contributed by atoms with Crippen molar-refractivity contribution in [2.75, 3.05) is 24.8 Å². The summed E-state index contributed by atoms with van der Waals surface area (Å²) >= 11 is 0.815. The summed E-state index contributed by atoms with van der Waals surface area (Å²) in [5.41, 5.74) is 0. The minimum absolute atomic E-state index is 0.00745. The minimum Gasteiger partial charge on any atom is -0.493 e. The fourth-order valence-electron chi connectivity index (χ4n) is 1.78. The van der Waals surface area contributed by atoms with Crippen LogP contribution in [0.2, 0.25) is 0 Å². The highest BCUT2D eigenvalue weighted by Gasteiger charge is 2.20. The average molecular weight is 371 g/mol. The first-order valence-electron chi connectivity index (χ1n) is 7.08. The number of sulfone groups is 1. The number of rotatable bonds is 8. The van der Waals surface area contributed by atoms with Crippen LogP contribution in [0.3, 0.4) is 0 Å². The first kappa shape index (κ1) is 18.1. The molecule has 0 aliphatic carbocycles. The number of hydrogen-bond donors (Lipinski definition) is 1. The molecule has 0 saturated carbocycles. The maximum absolute atomic E-state index is 11.9. The zero-order chi connectivity index (χ0) is 17.6. The van der Waals surface area contributed by atoms with Gasteiger partial charge in [0.15, 0.2) is 18.1 Å². The van der Waals surface area contributed by atoms with Crippen molar-refractivity contribution < 1.29 is 22.7 Å². The maximum atomic E-state index is 11.9. The molecule has 0 bridgehead atoms. The highest BCUT2D eigenvalue weighted by atomic mass is 32.2. The van der Waals surface area contributed by atoms with Crippen molar-refractivity contribution in [1.29, 1.82) is 0 Å². The summed E-state index contributed by atoms with van der Waals surface area (Å²) in [6.07, 6.45) is 0.482. The van der Waals surface area contributed by atoms with Gasteiger partial charge in [-0.1, -0.05) is 30.4 Å². The molecule has 0 aliphatic heterocycles. The van der Waals surface area contributed by atoms with Gasteiger partial charge in [-0.25, -0.2) is 8.42 Å². The number of nitrogens with zero attached hydrogens (tertiary/aromatic N) is 2. The minimum atomic E-state index is -3.44. The summed E-state index contributed by atoms with van der Waals surface area (Å²) in [5, 5.41) is 9.85. The van der Waals surface area contributed by atoms with E-state index >= 15 is 0 Å². The maximum Gasteiger partial charge on any atom is 0.264 e. The number of carbonyl (C=O) groups excluding carboxylic acids is 1. The van der Waals surface area contributed by atoms with Crippen LogP contribution in [-0.2, 0) is 14.6 Å². The molecule has 1 heterocycles. The fourth-order valence-corrected chi connectivity index (χ4v) is 4.14. The predicted molar refractivity (Wildman–Crippen MR) is 89.4 cm³/mol. The van der Waals surface area contributed by atoms with Crippen molar-refractivity contribution in [3.63, 3.8) is 0 Å². The molecule has 1 amide bonds. The highest BCUT2D eigenvalue weighted by Crippen LogP contribution is 2.26. The van der Waals surface area contributed by atoms with Gasteiger partial charge < -0.3 is 9.47 Å². The van der Waals surface area contributed by atoms with Crippen LogP contribution in [0.15, 0.2) is 28.6 Å². The number of benzene rings is 1. The van der Waals surface area contributed by atoms with E-state index in [-0.39, 0.29) is 21.8 Å². The van der Waals surface area contributed by atoms with Crippen LogP contribution in [0.5, 0.6) is 11.5 Å². The molecular weight excluding hydrogens is 354 g/mol. The SMILES string of the molecule is CCCS(=O)(=O)c1nnc(NC(=O)COc2ccccc2OC)s1. The largest absolute Gasteiger partial charge is 0.493 e. The number of ether oxygens (including phenoxy) is 2. The lowest BCUT2D eigenvalue weighted by Crippen LogP contribution is -2.20. The summed E-state index contributed by atoms with van der Waals surface area (Å²) in [6.45, 7) is 1.49. The Morgan fingerprint density at radius 2 is 1.96 bits per heavy atom. The second kappa shape index (κ2) is 8.06. The van der Waals surface area contributed by atoms with E-state index in [1.807, 2.05) is 0 Å². The van der Waals surface area contributed by atoms with E-state index in [0.29, 0.717) is 17.9 Å². The Kier molecular flexibility index (Phi) is 6.10. The Hall–Kier alpha value is -2.20. The lowest BCUT2D eigenvalue weighted by Gasteiger charge is -2.09. The Morgan fingerprint density at radius 1 is 1.25 bits per heavy atom. The smallest absolute Gasteiger partial charge is 0.264 e. The van der Waals surface area contributed by atoms with Crippen LogP contribution in [0.1, 0.15) is 13.3 Å². The third kappa shape index (κ3) is 4.65. The van der Waals surface area contributed by atoms with Gasteiger partial charge in [0.05, 0.1) is 12.9 Å². The molecule has 0 spiro atoms. The molecule has 1 aromatic carbocycles. The van der Waals surface area contributed by atoms with Crippen molar-refractivity contribution in [2.45, 2.75) is 17.7 Å². The van der Waals surface area contributed by atoms with Gasteiger partial charge in [0.2, 0.25) is 19.3 Å². The number of amides is 1. The van der Waals surface area contributed by atoms with Crippen LogP contribution >= 0.6 is 11.3 Å². The number of nitrogens with one attached hydrogen (secondary N) is 1. The van der Waals surface area contributed by atoms with Crippen LogP contribution in [0.4, 0.5) is 5.13 Å².